The monoisotopic (exact) mass is 321 g/mol. The molecular weight excluding hydrogens is 302 g/mol. The number of hydrogen-bond donors (Lipinski definition) is 1. The molecule has 102 valence electrons. The first kappa shape index (κ1) is 14.3. The Labute approximate surface area is 122 Å². The van der Waals surface area contributed by atoms with Crippen LogP contribution in [0.5, 0.6) is 0 Å². The number of rotatable bonds is 3. The predicted octanol–water partition coefficient (Wildman–Crippen LogP) is 3.49. The van der Waals surface area contributed by atoms with Gasteiger partial charge in [0.2, 0.25) is 0 Å². The van der Waals surface area contributed by atoms with Crippen LogP contribution in [0.4, 0.5) is 0 Å². The number of aryl methyl sites for hydroxylation is 2. The zero-order valence-electron chi connectivity index (χ0n) is 11.9. The summed E-state index contributed by atoms with van der Waals surface area (Å²) in [5, 5.41) is 4.68. The molecule has 2 rings (SSSR count). The Bertz CT molecular complexity index is 599. The maximum Gasteiger partial charge on any atom is 0.0839 e. The molecule has 0 aliphatic rings. The molecule has 0 amide bonds. The summed E-state index contributed by atoms with van der Waals surface area (Å²) < 4.78 is 2.91. The number of nitrogens with zero attached hydrogens (tertiary/aromatic N) is 2. The molecule has 0 fully saturated rings. The van der Waals surface area contributed by atoms with E-state index in [-0.39, 0.29) is 5.41 Å². The zero-order chi connectivity index (χ0) is 14.2. The molecule has 0 bridgehead atoms. The second kappa shape index (κ2) is 5.10. The van der Waals surface area contributed by atoms with Gasteiger partial charge in [-0.05, 0) is 53.0 Å². The molecule has 19 heavy (non-hydrogen) atoms. The van der Waals surface area contributed by atoms with Crippen molar-refractivity contribution in [2.24, 2.45) is 5.73 Å². The molecule has 2 N–H and O–H groups in total. The van der Waals surface area contributed by atoms with Gasteiger partial charge in [-0.3, -0.25) is 0 Å². The normalized spacial score (nSPS) is 11.9. The van der Waals surface area contributed by atoms with E-state index in [2.05, 4.69) is 66.9 Å². The quantitative estimate of drug-likeness (QED) is 0.940. The van der Waals surface area contributed by atoms with Crippen LogP contribution in [0.25, 0.3) is 5.69 Å². The maximum atomic E-state index is 5.83. The highest BCUT2D eigenvalue weighted by molar-refractivity contribution is 9.10. The van der Waals surface area contributed by atoms with Gasteiger partial charge in [0.1, 0.15) is 0 Å². The molecule has 0 aliphatic heterocycles. The average Bonchev–Trinajstić information content (AvgIpc) is 2.75. The van der Waals surface area contributed by atoms with Crippen LogP contribution in [0.1, 0.15) is 30.7 Å². The molecule has 0 aliphatic carbocycles. The fourth-order valence-corrected chi connectivity index (χ4v) is 2.72. The third-order valence-electron chi connectivity index (χ3n) is 3.58. The van der Waals surface area contributed by atoms with Crippen LogP contribution in [-0.4, -0.2) is 16.3 Å². The molecule has 1 heterocycles. The molecule has 4 heteroatoms. The van der Waals surface area contributed by atoms with Crippen LogP contribution in [0.2, 0.25) is 0 Å². The van der Waals surface area contributed by atoms with Crippen molar-refractivity contribution in [3.05, 3.63) is 45.7 Å². The van der Waals surface area contributed by atoms with Gasteiger partial charge in [-0.15, -0.1) is 0 Å². The third-order valence-corrected chi connectivity index (χ3v) is 4.16. The highest BCUT2D eigenvalue weighted by Gasteiger charge is 2.25. The topological polar surface area (TPSA) is 43.8 Å². The summed E-state index contributed by atoms with van der Waals surface area (Å²) in [4.78, 5) is 0. The molecule has 0 unspecified atom stereocenters. The number of hydrogen-bond acceptors (Lipinski definition) is 2. The summed E-state index contributed by atoms with van der Waals surface area (Å²) in [5.41, 5.74) is 10.3. The van der Waals surface area contributed by atoms with Gasteiger partial charge in [0.15, 0.2) is 0 Å². The highest BCUT2D eigenvalue weighted by Crippen LogP contribution is 2.29. The lowest BCUT2D eigenvalue weighted by Gasteiger charge is -2.20. The Morgan fingerprint density at radius 3 is 2.53 bits per heavy atom. The number of aromatic nitrogens is 2. The minimum absolute atomic E-state index is 0.135. The van der Waals surface area contributed by atoms with E-state index in [9.17, 15) is 0 Å². The molecule has 0 radical (unpaired) electrons. The predicted molar refractivity (Wildman–Crippen MR) is 82.8 cm³/mol. The molecule has 2 aromatic rings. The minimum Gasteiger partial charge on any atom is -0.330 e. The molecule has 1 aromatic heterocycles. The van der Waals surface area contributed by atoms with Crippen LogP contribution in [0.15, 0.2) is 28.9 Å². The van der Waals surface area contributed by atoms with Gasteiger partial charge in [-0.2, -0.15) is 5.10 Å². The Morgan fingerprint density at radius 2 is 1.95 bits per heavy atom. The molecule has 0 spiro atoms. The van der Waals surface area contributed by atoms with Crippen molar-refractivity contribution < 1.29 is 0 Å². The van der Waals surface area contributed by atoms with Crippen molar-refractivity contribution in [3.8, 4) is 5.69 Å². The van der Waals surface area contributed by atoms with Crippen molar-refractivity contribution in [3.63, 3.8) is 0 Å². The molecule has 0 saturated carbocycles. The summed E-state index contributed by atoms with van der Waals surface area (Å²) in [6.07, 6.45) is 2.00. The second-order valence-corrected chi connectivity index (χ2v) is 6.48. The van der Waals surface area contributed by atoms with Gasteiger partial charge in [0.25, 0.3) is 0 Å². The van der Waals surface area contributed by atoms with Gasteiger partial charge < -0.3 is 5.73 Å². The second-order valence-electron chi connectivity index (χ2n) is 5.63. The van der Waals surface area contributed by atoms with E-state index in [0.717, 1.165) is 15.9 Å². The Hall–Kier alpha value is -1.13. The van der Waals surface area contributed by atoms with Crippen molar-refractivity contribution in [2.75, 3.05) is 6.54 Å². The van der Waals surface area contributed by atoms with E-state index < -0.39 is 0 Å². The lowest BCUT2D eigenvalue weighted by atomic mass is 9.90. The Balaban J connectivity index is 2.47. The van der Waals surface area contributed by atoms with E-state index in [0.29, 0.717) is 6.54 Å². The zero-order valence-corrected chi connectivity index (χ0v) is 13.5. The maximum absolute atomic E-state index is 5.83. The smallest absolute Gasteiger partial charge is 0.0839 e. The van der Waals surface area contributed by atoms with Crippen molar-refractivity contribution in [1.29, 1.82) is 0 Å². The number of benzene rings is 1. The summed E-state index contributed by atoms with van der Waals surface area (Å²) in [5.74, 6) is 0. The molecule has 0 atom stereocenters. The fourth-order valence-electron chi connectivity index (χ4n) is 1.91. The Morgan fingerprint density at radius 1 is 1.26 bits per heavy atom. The van der Waals surface area contributed by atoms with Crippen molar-refractivity contribution >= 4 is 15.9 Å². The van der Waals surface area contributed by atoms with Gasteiger partial charge in [0.05, 0.1) is 15.9 Å². The molecular formula is C15H20BrN3. The molecule has 3 nitrogen and oxygen atoms in total. The van der Waals surface area contributed by atoms with Crippen LogP contribution in [-0.2, 0) is 5.41 Å². The fraction of sp³-hybridized carbons (Fsp3) is 0.400. The SMILES string of the molecule is Cc1ccc(-n2cc(Br)c(C(C)(C)CN)n2)cc1C. The first-order valence-electron chi connectivity index (χ1n) is 6.38. The lowest BCUT2D eigenvalue weighted by molar-refractivity contribution is 0.513. The van der Waals surface area contributed by atoms with E-state index in [1.807, 2.05) is 10.9 Å². The number of nitrogens with two attached hydrogens (primary N) is 1. The standard InChI is InChI=1S/C15H20BrN3/c1-10-5-6-12(7-11(10)2)19-8-13(16)14(18-19)15(3,4)9-17/h5-8H,9,17H2,1-4H3. The highest BCUT2D eigenvalue weighted by atomic mass is 79.9. The first-order valence-corrected chi connectivity index (χ1v) is 7.18. The van der Waals surface area contributed by atoms with E-state index >= 15 is 0 Å². The van der Waals surface area contributed by atoms with Crippen molar-refractivity contribution in [2.45, 2.75) is 33.1 Å². The number of halogens is 1. The largest absolute Gasteiger partial charge is 0.330 e. The van der Waals surface area contributed by atoms with Crippen molar-refractivity contribution in [1.82, 2.24) is 9.78 Å². The van der Waals surface area contributed by atoms with Crippen LogP contribution in [0.3, 0.4) is 0 Å². The van der Waals surface area contributed by atoms with Crippen LogP contribution >= 0.6 is 15.9 Å². The van der Waals surface area contributed by atoms with Crippen LogP contribution in [0, 0.1) is 13.8 Å². The molecule has 0 saturated heterocycles. The van der Waals surface area contributed by atoms with Gasteiger partial charge in [-0.1, -0.05) is 19.9 Å². The summed E-state index contributed by atoms with van der Waals surface area (Å²) in [6.45, 7) is 8.99. The summed E-state index contributed by atoms with van der Waals surface area (Å²) in [6, 6.07) is 6.35. The van der Waals surface area contributed by atoms with Crippen LogP contribution < -0.4 is 5.73 Å². The minimum atomic E-state index is -0.135. The van der Waals surface area contributed by atoms with E-state index in [1.165, 1.54) is 11.1 Å². The first-order chi connectivity index (χ1) is 8.85. The van der Waals surface area contributed by atoms with Gasteiger partial charge >= 0.3 is 0 Å². The van der Waals surface area contributed by atoms with Gasteiger partial charge in [0, 0.05) is 18.2 Å². The Kier molecular flexibility index (Phi) is 3.83. The summed E-state index contributed by atoms with van der Waals surface area (Å²) in [7, 11) is 0. The lowest BCUT2D eigenvalue weighted by Crippen LogP contribution is -2.29. The van der Waals surface area contributed by atoms with E-state index in [4.69, 9.17) is 5.73 Å². The summed E-state index contributed by atoms with van der Waals surface area (Å²) >= 11 is 3.59. The molecule has 1 aromatic carbocycles. The van der Waals surface area contributed by atoms with Gasteiger partial charge in [-0.25, -0.2) is 4.68 Å². The third kappa shape index (κ3) is 2.74. The average molecular weight is 322 g/mol. The van der Waals surface area contributed by atoms with E-state index in [1.54, 1.807) is 0 Å².